The van der Waals surface area contributed by atoms with Gasteiger partial charge in [-0.2, -0.15) is 0 Å². The summed E-state index contributed by atoms with van der Waals surface area (Å²) in [4.78, 5) is 56.7. The number of nitrogens with one attached hydrogen (secondary N) is 1. The average molecular weight is 602 g/mol. The number of esters is 2. The Bertz CT molecular complexity index is 1150. The van der Waals surface area contributed by atoms with Crippen LogP contribution in [0.4, 0.5) is 5.13 Å². The highest BCUT2D eigenvalue weighted by Crippen LogP contribution is 2.45. The fourth-order valence-corrected chi connectivity index (χ4v) is 7.80. The molecule has 4 atom stereocenters. The van der Waals surface area contributed by atoms with Gasteiger partial charge in [0, 0.05) is 30.0 Å². The van der Waals surface area contributed by atoms with E-state index in [0.29, 0.717) is 18.1 Å². The number of rotatable bonds is 9. The number of nitrogen functional groups attached to an aromatic ring is 1. The second-order valence-electron chi connectivity index (χ2n) is 10.3. The summed E-state index contributed by atoms with van der Waals surface area (Å²) < 4.78 is 15.1. The molecule has 0 radical (unpaired) electrons. The van der Waals surface area contributed by atoms with E-state index >= 15 is 0 Å². The topological polar surface area (TPSA) is 183 Å². The number of hydrogen-bond donors (Lipinski definition) is 3. The number of nitrogens with zero attached hydrogens (tertiary/aromatic N) is 3. The number of aromatic nitrogens is 1. The molecule has 2 amide bonds. The van der Waals surface area contributed by atoms with Crippen LogP contribution in [0.2, 0.25) is 0 Å². The molecule has 3 aliphatic heterocycles. The lowest BCUT2D eigenvalue weighted by Gasteiger charge is -2.53. The van der Waals surface area contributed by atoms with E-state index in [-0.39, 0.29) is 35.1 Å². The molecule has 0 aromatic carbocycles. The van der Waals surface area contributed by atoms with E-state index in [4.69, 9.17) is 19.9 Å². The molecule has 3 aliphatic rings. The molecule has 4 heterocycles. The molecule has 16 heteroatoms. The van der Waals surface area contributed by atoms with Crippen molar-refractivity contribution in [3.8, 4) is 0 Å². The number of carbonyl (C=O) groups excluding carboxylic acids is 4. The smallest absolute Gasteiger partial charge is 0.327 e. The van der Waals surface area contributed by atoms with Crippen LogP contribution in [-0.4, -0.2) is 98.3 Å². The highest BCUT2D eigenvalue weighted by molar-refractivity contribution is 8.05. The molecular weight excluding hydrogens is 570 g/mol. The lowest BCUT2D eigenvalue weighted by atomic mass is 9.98. The number of ether oxygens (including phenoxy) is 3. The largest absolute Gasteiger partial charge is 0.427 e. The minimum absolute atomic E-state index is 0.00353. The number of fused-ring (bicyclic) bond motifs is 1. The van der Waals surface area contributed by atoms with Crippen LogP contribution in [0.25, 0.3) is 0 Å². The molecule has 1 aromatic heterocycles. The third kappa shape index (κ3) is 6.44. The van der Waals surface area contributed by atoms with E-state index in [1.54, 1.807) is 20.8 Å². The molecule has 4 N–H and O–H groups in total. The van der Waals surface area contributed by atoms with Gasteiger partial charge < -0.3 is 35.4 Å². The Kier molecular flexibility index (Phi) is 8.98. The molecule has 3 unspecified atom stereocenters. The van der Waals surface area contributed by atoms with Gasteiger partial charge in [-0.25, -0.2) is 4.98 Å². The molecule has 39 heavy (non-hydrogen) atoms. The summed E-state index contributed by atoms with van der Waals surface area (Å²) in [6, 6.07) is -0.875. The van der Waals surface area contributed by atoms with Crippen LogP contribution in [-0.2, 0) is 33.4 Å². The maximum Gasteiger partial charge on any atom is 0.327 e. The van der Waals surface area contributed by atoms with E-state index in [2.05, 4.69) is 15.5 Å². The third-order valence-corrected chi connectivity index (χ3v) is 10.3. The number of β-lactam (4-membered cyclic amide) rings is 1. The molecular formula is C23H31N5O8S3. The number of thioether (sulfide) groups is 2. The fraction of sp³-hybridized carbons (Fsp3) is 0.652. The van der Waals surface area contributed by atoms with Crippen LogP contribution in [0.15, 0.2) is 10.5 Å². The number of thiazole rings is 1. The van der Waals surface area contributed by atoms with Gasteiger partial charge in [0.05, 0.1) is 11.5 Å². The van der Waals surface area contributed by atoms with Gasteiger partial charge in [0.15, 0.2) is 10.8 Å². The van der Waals surface area contributed by atoms with E-state index in [9.17, 15) is 24.4 Å². The van der Waals surface area contributed by atoms with Crippen LogP contribution >= 0.6 is 34.9 Å². The number of carbonyl (C=O) groups is 4. The van der Waals surface area contributed by atoms with Gasteiger partial charge in [0.25, 0.3) is 5.91 Å². The minimum atomic E-state index is -1.11. The second-order valence-corrected chi connectivity index (χ2v) is 13.7. The van der Waals surface area contributed by atoms with Crippen LogP contribution in [0.1, 0.15) is 39.3 Å². The summed E-state index contributed by atoms with van der Waals surface area (Å²) in [5.74, 6) is -1.42. The van der Waals surface area contributed by atoms with Crippen molar-refractivity contribution in [3.63, 3.8) is 0 Å². The summed E-state index contributed by atoms with van der Waals surface area (Å²) in [6.07, 6.45) is 1.82. The SMILES string of the molecule is CC(C)(C)C(=O)OCOC(=O)C1(SCC2CCCO2)CS[C@@H]2C(NC(=O)C(=NO)c3csc(N)n3)C(=O)N2C1. The van der Waals surface area contributed by atoms with Gasteiger partial charge in [0.2, 0.25) is 12.7 Å². The van der Waals surface area contributed by atoms with E-state index in [0.717, 1.165) is 24.2 Å². The molecule has 0 saturated carbocycles. The maximum atomic E-state index is 13.3. The van der Waals surface area contributed by atoms with E-state index in [1.807, 2.05) is 0 Å². The lowest BCUT2D eigenvalue weighted by Crippen LogP contribution is -2.75. The normalized spacial score (nSPS) is 26.9. The fourth-order valence-electron chi connectivity index (χ4n) is 4.15. The van der Waals surface area contributed by atoms with Crippen molar-refractivity contribution in [2.75, 3.05) is 37.2 Å². The van der Waals surface area contributed by atoms with Crippen LogP contribution in [0.3, 0.4) is 0 Å². The van der Waals surface area contributed by atoms with Crippen molar-refractivity contribution < 1.29 is 38.6 Å². The molecule has 4 rings (SSSR count). The molecule has 0 aliphatic carbocycles. The summed E-state index contributed by atoms with van der Waals surface area (Å²) in [7, 11) is 0. The van der Waals surface area contributed by atoms with Gasteiger partial charge in [-0.1, -0.05) is 5.16 Å². The monoisotopic (exact) mass is 601 g/mol. The Hall–Kier alpha value is -2.56. The van der Waals surface area contributed by atoms with Crippen molar-refractivity contribution in [1.29, 1.82) is 0 Å². The Labute approximate surface area is 237 Å². The zero-order valence-corrected chi connectivity index (χ0v) is 24.2. The van der Waals surface area contributed by atoms with Gasteiger partial charge in [-0.3, -0.25) is 19.2 Å². The first-order chi connectivity index (χ1) is 18.4. The Morgan fingerprint density at radius 2 is 2.15 bits per heavy atom. The number of hydrogen-bond acceptors (Lipinski definition) is 14. The zero-order chi connectivity index (χ0) is 28.4. The van der Waals surface area contributed by atoms with Crippen molar-refractivity contribution in [3.05, 3.63) is 11.1 Å². The van der Waals surface area contributed by atoms with Gasteiger partial charge in [0.1, 0.15) is 21.9 Å². The van der Waals surface area contributed by atoms with Gasteiger partial charge in [-0.05, 0) is 33.6 Å². The molecule has 0 bridgehead atoms. The van der Waals surface area contributed by atoms with Crippen molar-refractivity contribution >= 4 is 69.5 Å². The zero-order valence-electron chi connectivity index (χ0n) is 21.7. The number of amides is 2. The minimum Gasteiger partial charge on any atom is -0.427 e. The number of anilines is 1. The quantitative estimate of drug-likeness (QED) is 0.0915. The molecule has 3 saturated heterocycles. The lowest BCUT2D eigenvalue weighted by molar-refractivity contribution is -0.175. The first-order valence-electron chi connectivity index (χ1n) is 12.2. The standard InChI is InChI=1S/C23H31N5O8S3/c1-22(2,3)19(31)35-11-36-20(32)23(39-7-12-5-4-6-34-12)9-28-17(30)15(18(28)38-10-23)26-16(29)14(27-33)13-8-37-21(24)25-13/h8,12,15,18,33H,4-7,9-11H2,1-3H3,(H2,24,25)(H,26,29)/t12?,15?,18-,23?/m1/s1. The first-order valence-corrected chi connectivity index (χ1v) is 15.1. The summed E-state index contributed by atoms with van der Waals surface area (Å²) in [5.41, 5.74) is 4.59. The maximum absolute atomic E-state index is 13.3. The Morgan fingerprint density at radius 3 is 2.77 bits per heavy atom. The molecule has 1 aromatic rings. The van der Waals surface area contributed by atoms with Crippen molar-refractivity contribution in [1.82, 2.24) is 15.2 Å². The third-order valence-electron chi connectivity index (χ3n) is 6.35. The van der Waals surface area contributed by atoms with Crippen LogP contribution in [0, 0.1) is 5.41 Å². The highest BCUT2D eigenvalue weighted by atomic mass is 32.2. The summed E-state index contributed by atoms with van der Waals surface area (Å²) in [5, 5.41) is 16.2. The molecule has 3 fully saturated rings. The predicted octanol–water partition coefficient (Wildman–Crippen LogP) is 1.04. The highest BCUT2D eigenvalue weighted by Gasteiger charge is 2.58. The van der Waals surface area contributed by atoms with Gasteiger partial charge in [-0.15, -0.1) is 34.9 Å². The Morgan fingerprint density at radius 1 is 1.38 bits per heavy atom. The van der Waals surface area contributed by atoms with Crippen molar-refractivity contribution in [2.45, 2.75) is 55.9 Å². The first kappa shape index (κ1) is 29.4. The second kappa shape index (κ2) is 11.9. The molecule has 0 spiro atoms. The van der Waals surface area contributed by atoms with Gasteiger partial charge >= 0.3 is 11.9 Å². The molecule has 13 nitrogen and oxygen atoms in total. The van der Waals surface area contributed by atoms with Crippen molar-refractivity contribution in [2.24, 2.45) is 10.6 Å². The molecule has 214 valence electrons. The number of nitrogens with two attached hydrogens (primary N) is 1. The Balaban J connectivity index is 1.41. The van der Waals surface area contributed by atoms with Crippen LogP contribution in [0.5, 0.6) is 0 Å². The summed E-state index contributed by atoms with van der Waals surface area (Å²) in [6.45, 7) is 5.28. The number of oxime groups is 1. The average Bonchev–Trinajstić information content (AvgIpc) is 3.57. The van der Waals surface area contributed by atoms with E-state index < -0.39 is 46.2 Å². The van der Waals surface area contributed by atoms with Crippen LogP contribution < -0.4 is 11.1 Å². The predicted molar refractivity (Wildman–Crippen MR) is 145 cm³/mol. The van der Waals surface area contributed by atoms with E-state index in [1.165, 1.54) is 33.8 Å². The summed E-state index contributed by atoms with van der Waals surface area (Å²) >= 11 is 3.78.